The topological polar surface area (TPSA) is 160 Å². The van der Waals surface area contributed by atoms with Crippen molar-refractivity contribution < 1.29 is 45.5 Å². The zero-order valence-electron chi connectivity index (χ0n) is 35.4. The first-order chi connectivity index (χ1) is 30.0. The van der Waals surface area contributed by atoms with Crippen LogP contribution in [0.5, 0.6) is 12.0 Å². The first kappa shape index (κ1) is 52.6. The van der Waals surface area contributed by atoms with Crippen molar-refractivity contribution in [3.05, 3.63) is 50.8 Å². The van der Waals surface area contributed by atoms with Crippen LogP contribution in [0.15, 0.2) is 28.1 Å². The molecule has 0 bridgehead atoms. The lowest BCUT2D eigenvalue weighted by molar-refractivity contribution is -0.185. The number of aromatic nitrogens is 8. The predicted octanol–water partition coefficient (Wildman–Crippen LogP) is 10.9. The molecular weight excluding hydrogens is 952 g/mol. The Kier molecular flexibility index (Phi) is 17.6. The van der Waals surface area contributed by atoms with E-state index in [9.17, 15) is 45.6 Å². The van der Waals surface area contributed by atoms with Crippen molar-refractivity contribution in [3.63, 3.8) is 0 Å². The molecule has 0 aliphatic heterocycles. The molecule has 65 heavy (non-hydrogen) atoms. The highest BCUT2D eigenvalue weighted by Crippen LogP contribution is 2.61. The van der Waals surface area contributed by atoms with E-state index in [1.165, 1.54) is 37.6 Å². The van der Waals surface area contributed by atoms with Crippen LogP contribution in [-0.2, 0) is 24.3 Å². The smallest absolute Gasteiger partial charge is 0.391 e. The van der Waals surface area contributed by atoms with Crippen molar-refractivity contribution in [2.24, 2.45) is 37.8 Å². The van der Waals surface area contributed by atoms with Crippen molar-refractivity contribution in [1.82, 2.24) is 38.3 Å². The molecule has 0 amide bonds. The number of halogens is 9. The number of fused-ring (bicyclic) bond motifs is 2. The Morgan fingerprint density at radius 2 is 1.17 bits per heavy atom. The average molecular weight is 1010 g/mol. The molecule has 4 aliphatic carbocycles. The molecule has 0 aromatic carbocycles. The second-order valence-corrected chi connectivity index (χ2v) is 23.8. The van der Waals surface area contributed by atoms with Crippen LogP contribution in [0.3, 0.4) is 0 Å². The van der Waals surface area contributed by atoms with Gasteiger partial charge >= 0.3 is 29.6 Å². The number of rotatable bonds is 8. The Hall–Kier alpha value is -3.32. The summed E-state index contributed by atoms with van der Waals surface area (Å²) in [4.78, 5) is 34.1. The van der Waals surface area contributed by atoms with Gasteiger partial charge in [0.05, 0.1) is 37.4 Å². The van der Waals surface area contributed by atoms with E-state index in [4.69, 9.17) is 9.47 Å². The van der Waals surface area contributed by atoms with Crippen molar-refractivity contribution in [3.8, 4) is 12.0 Å². The van der Waals surface area contributed by atoms with E-state index in [0.29, 0.717) is 55.7 Å². The number of alkyl halides is 6. The second kappa shape index (κ2) is 21.8. The van der Waals surface area contributed by atoms with Crippen LogP contribution in [0.25, 0.3) is 16.6 Å². The summed E-state index contributed by atoms with van der Waals surface area (Å²) in [6.07, 6.45) is 7.08. The second-order valence-electron chi connectivity index (χ2n) is 17.2. The molecule has 3 saturated carbocycles. The van der Waals surface area contributed by atoms with Crippen molar-refractivity contribution in [2.45, 2.75) is 135 Å². The Morgan fingerprint density at radius 3 is 1.62 bits per heavy atom. The van der Waals surface area contributed by atoms with Crippen molar-refractivity contribution in [1.29, 1.82) is 0 Å². The molecule has 8 rings (SSSR count). The quantitative estimate of drug-likeness (QED) is 0.133. The van der Waals surface area contributed by atoms with E-state index >= 15 is 0 Å². The van der Waals surface area contributed by atoms with Gasteiger partial charge in [-0.1, -0.05) is 32.8 Å². The monoisotopic (exact) mass is 1010 g/mol. The molecule has 4 aromatic heterocycles. The van der Waals surface area contributed by atoms with Gasteiger partial charge in [-0.3, -0.25) is 23.3 Å². The summed E-state index contributed by atoms with van der Waals surface area (Å²) < 4.78 is 104. The third kappa shape index (κ3) is 13.4. The lowest BCUT2D eigenvalue weighted by Crippen LogP contribution is -2.33. The standard InChI is InChI=1S/C20H27F3N4O3.C20H25F3N4O2.CH4.Cl3OP/c1-26-16(28)15-11-24-17(19(29)9-3-2-4-10-19)27(15)25-18(26)30-12-13-5-7-14(8-6-13)20(21,22)23;1-26-18(28)16-11-24-17(14-5-3-2-4-6-14)27(16)25-19(26)29-12-13-7-9-15(10-8-13)20(21,22)23;;1-5(2,3)4/h11,13-14,29H,2-10,12H2,1H3;5,11,13,15H,2-4,6-10,12H2,1H3;1H4;. The Balaban J connectivity index is 0.000000218. The van der Waals surface area contributed by atoms with Gasteiger partial charge in [0.25, 0.3) is 11.1 Å². The van der Waals surface area contributed by atoms with Gasteiger partial charge in [0.2, 0.25) is 0 Å². The highest BCUT2D eigenvalue weighted by Gasteiger charge is 2.43. The minimum Gasteiger partial charge on any atom is -0.463 e. The van der Waals surface area contributed by atoms with Gasteiger partial charge in [0, 0.05) is 14.1 Å². The van der Waals surface area contributed by atoms with Crippen LogP contribution in [0.1, 0.15) is 128 Å². The van der Waals surface area contributed by atoms with Gasteiger partial charge in [0.1, 0.15) is 5.60 Å². The largest absolute Gasteiger partial charge is 0.463 e. The number of allylic oxidation sites excluding steroid dienone is 2. The number of hydrogen-bond acceptors (Lipinski definition) is 10. The van der Waals surface area contributed by atoms with Gasteiger partial charge in [-0.15, -0.1) is 10.2 Å². The van der Waals surface area contributed by atoms with Crippen LogP contribution in [0.2, 0.25) is 0 Å². The SMILES string of the molecule is C.Cn1c(OCC2CCC(C(F)(F)F)CC2)nn2c(C3(O)CCCCC3)ncc2c1=O.Cn1c(OCC2CCC(C(F)(F)F)CC2)nn2c(C3=CCCCC3)ncc2c1=O.O=P(Cl)(Cl)Cl. The van der Waals surface area contributed by atoms with Crippen LogP contribution in [0, 0.1) is 23.7 Å². The molecule has 3 fully saturated rings. The Bertz CT molecular complexity index is 2420. The zero-order valence-corrected chi connectivity index (χ0v) is 38.6. The number of hydrogen-bond donors (Lipinski definition) is 1. The summed E-state index contributed by atoms with van der Waals surface area (Å²) in [5.41, 5.74) is -0.0214. The summed E-state index contributed by atoms with van der Waals surface area (Å²) in [5, 5.41) is 16.7. The summed E-state index contributed by atoms with van der Waals surface area (Å²) in [7, 11) is 3.12. The van der Waals surface area contributed by atoms with Gasteiger partial charge in [-0.05, 0) is 141 Å². The lowest BCUT2D eigenvalue weighted by Gasteiger charge is -2.30. The van der Waals surface area contributed by atoms with E-state index in [2.05, 4.69) is 60.0 Å². The average Bonchev–Trinajstić information content (AvgIpc) is 3.88. The fraction of sp³-hybridized carbons (Fsp3) is 0.707. The van der Waals surface area contributed by atoms with Gasteiger partial charge in [0.15, 0.2) is 22.7 Å². The predicted molar refractivity (Wildman–Crippen MR) is 236 cm³/mol. The third-order valence-corrected chi connectivity index (χ3v) is 12.7. The molecule has 0 spiro atoms. The molecule has 1 N–H and O–H groups in total. The molecule has 0 unspecified atom stereocenters. The van der Waals surface area contributed by atoms with E-state index in [1.807, 2.05) is 0 Å². The maximum Gasteiger partial charge on any atom is 0.391 e. The first-order valence-corrected chi connectivity index (χ1v) is 25.9. The summed E-state index contributed by atoms with van der Waals surface area (Å²) >= 11 is 13.8. The number of aliphatic hydroxyl groups is 1. The first-order valence-electron chi connectivity index (χ1n) is 21.4. The molecule has 14 nitrogen and oxygen atoms in total. The van der Waals surface area contributed by atoms with E-state index in [0.717, 1.165) is 50.5 Å². The van der Waals surface area contributed by atoms with Crippen molar-refractivity contribution >= 4 is 55.5 Å². The van der Waals surface area contributed by atoms with Crippen LogP contribution >= 0.6 is 38.9 Å². The normalized spacial score (nSPS) is 22.7. The molecule has 0 saturated heterocycles. The maximum absolute atomic E-state index is 12.8. The summed E-state index contributed by atoms with van der Waals surface area (Å²) in [6.45, 7) is 0.452. The van der Waals surface area contributed by atoms with Crippen LogP contribution in [-0.4, -0.2) is 69.0 Å². The van der Waals surface area contributed by atoms with E-state index in [1.54, 1.807) is 7.05 Å². The van der Waals surface area contributed by atoms with Gasteiger partial charge in [-0.2, -0.15) is 26.3 Å². The third-order valence-electron chi connectivity index (χ3n) is 12.7. The minimum atomic E-state index is -4.14. The summed E-state index contributed by atoms with van der Waals surface area (Å²) in [6, 6.07) is 0.236. The number of imidazole rings is 2. The molecule has 4 aromatic rings. The highest BCUT2D eigenvalue weighted by molar-refractivity contribution is 8.24. The molecule has 0 atom stereocenters. The molecule has 364 valence electrons. The minimum absolute atomic E-state index is 0. The highest BCUT2D eigenvalue weighted by atomic mass is 36.0. The van der Waals surface area contributed by atoms with Crippen molar-refractivity contribution in [2.75, 3.05) is 13.2 Å². The molecule has 4 heterocycles. The lowest BCUT2D eigenvalue weighted by atomic mass is 9.82. The number of ether oxygens (including phenoxy) is 2. The van der Waals surface area contributed by atoms with Gasteiger partial charge < -0.3 is 14.6 Å². The van der Waals surface area contributed by atoms with E-state index < -0.39 is 35.0 Å². The Morgan fingerprint density at radius 1 is 0.723 bits per heavy atom. The summed E-state index contributed by atoms with van der Waals surface area (Å²) in [5.74, 6) is -1.43. The fourth-order valence-electron chi connectivity index (χ4n) is 8.90. The fourth-order valence-corrected chi connectivity index (χ4v) is 8.90. The molecular formula is C41H56Cl3F6N8O6P. The molecule has 0 radical (unpaired) electrons. The van der Waals surface area contributed by atoms with Crippen LogP contribution in [0.4, 0.5) is 26.3 Å². The Labute approximate surface area is 386 Å². The molecule has 24 heteroatoms. The van der Waals surface area contributed by atoms with Crippen LogP contribution < -0.4 is 20.6 Å². The zero-order chi connectivity index (χ0) is 46.6. The molecule has 4 aliphatic rings. The van der Waals surface area contributed by atoms with Gasteiger partial charge in [-0.25, -0.2) is 19.0 Å². The van der Waals surface area contributed by atoms with E-state index in [-0.39, 0.29) is 86.8 Å². The maximum atomic E-state index is 12.8. The number of nitrogens with zero attached hydrogens (tertiary/aromatic N) is 8.